The molecule has 1 aromatic rings. The number of ether oxygens (including phenoxy) is 1. The Kier molecular flexibility index (Phi) is 4.64. The number of amides is 1. The van der Waals surface area contributed by atoms with Crippen LogP contribution in [0.3, 0.4) is 0 Å². The molecule has 1 aromatic carbocycles. The van der Waals surface area contributed by atoms with E-state index in [1.165, 1.54) is 18.0 Å². The molecule has 0 aliphatic carbocycles. The van der Waals surface area contributed by atoms with Gasteiger partial charge >= 0.3 is 12.1 Å². The first-order chi connectivity index (χ1) is 9.56. The van der Waals surface area contributed by atoms with Crippen molar-refractivity contribution in [3.05, 3.63) is 28.8 Å². The predicted molar refractivity (Wildman–Crippen MR) is 80.7 cm³/mol. The normalized spacial score (nSPS) is 10.7. The number of terminal acetylenes is 1. The average Bonchev–Trinajstić information content (AvgIpc) is 2.35. The molecule has 0 aliphatic rings. The van der Waals surface area contributed by atoms with E-state index in [-0.39, 0.29) is 5.56 Å². The van der Waals surface area contributed by atoms with E-state index in [1.807, 2.05) is 0 Å². The highest BCUT2D eigenvalue weighted by molar-refractivity contribution is 5.94. The summed E-state index contributed by atoms with van der Waals surface area (Å²) in [6.07, 6.45) is 4.81. The fourth-order valence-corrected chi connectivity index (χ4v) is 1.70. The minimum absolute atomic E-state index is 0.0656. The molecule has 21 heavy (non-hydrogen) atoms. The third-order valence-corrected chi connectivity index (χ3v) is 2.83. The van der Waals surface area contributed by atoms with E-state index in [4.69, 9.17) is 11.2 Å². The number of nitrogens with zero attached hydrogens (tertiary/aromatic N) is 1. The first-order valence-corrected chi connectivity index (χ1v) is 6.38. The zero-order chi connectivity index (χ0) is 16.4. The Balaban J connectivity index is 3.25. The SMILES string of the molecule is C#Cc1cc(N(C)C(=O)OC(C)(C)C)cc(C(=O)O)c1C. The maximum absolute atomic E-state index is 12.0. The lowest BCUT2D eigenvalue weighted by molar-refractivity contribution is 0.0587. The van der Waals surface area contributed by atoms with Crippen LogP contribution in [0, 0.1) is 19.3 Å². The van der Waals surface area contributed by atoms with Gasteiger partial charge in [-0.25, -0.2) is 9.59 Å². The largest absolute Gasteiger partial charge is 0.478 e. The highest BCUT2D eigenvalue weighted by atomic mass is 16.6. The van der Waals surface area contributed by atoms with Gasteiger partial charge in [0.05, 0.1) is 5.56 Å². The Bertz CT molecular complexity index is 620. The van der Waals surface area contributed by atoms with Crippen molar-refractivity contribution < 1.29 is 19.4 Å². The summed E-state index contributed by atoms with van der Waals surface area (Å²) in [4.78, 5) is 24.5. The van der Waals surface area contributed by atoms with Crippen LogP contribution in [-0.4, -0.2) is 29.8 Å². The van der Waals surface area contributed by atoms with E-state index in [2.05, 4.69) is 5.92 Å². The van der Waals surface area contributed by atoms with Crippen LogP contribution in [0.5, 0.6) is 0 Å². The second kappa shape index (κ2) is 5.88. The molecule has 0 bridgehead atoms. The molecule has 112 valence electrons. The van der Waals surface area contributed by atoms with Crippen LogP contribution < -0.4 is 4.90 Å². The summed E-state index contributed by atoms with van der Waals surface area (Å²) in [5, 5.41) is 9.21. The molecular weight excluding hydrogens is 270 g/mol. The van der Waals surface area contributed by atoms with Crippen LogP contribution in [0.2, 0.25) is 0 Å². The van der Waals surface area contributed by atoms with Gasteiger partial charge in [0, 0.05) is 18.3 Å². The summed E-state index contributed by atoms with van der Waals surface area (Å²) in [6, 6.07) is 2.99. The number of carboxylic acids is 1. The van der Waals surface area contributed by atoms with Gasteiger partial charge in [-0.15, -0.1) is 6.42 Å². The monoisotopic (exact) mass is 289 g/mol. The van der Waals surface area contributed by atoms with Crippen molar-refractivity contribution in [2.24, 2.45) is 0 Å². The average molecular weight is 289 g/mol. The molecule has 1 amide bonds. The Morgan fingerprint density at radius 3 is 2.33 bits per heavy atom. The number of carbonyl (C=O) groups is 2. The number of aromatic carboxylic acids is 1. The lowest BCUT2D eigenvalue weighted by Gasteiger charge is -2.25. The molecule has 0 radical (unpaired) electrons. The van der Waals surface area contributed by atoms with Crippen molar-refractivity contribution in [1.29, 1.82) is 0 Å². The number of carboxylic acid groups (broad SMARTS) is 1. The van der Waals surface area contributed by atoms with Gasteiger partial charge in [-0.3, -0.25) is 4.90 Å². The van der Waals surface area contributed by atoms with E-state index in [0.29, 0.717) is 16.8 Å². The van der Waals surface area contributed by atoms with Gasteiger partial charge in [0.1, 0.15) is 5.60 Å². The van der Waals surface area contributed by atoms with Crippen molar-refractivity contribution in [3.63, 3.8) is 0 Å². The van der Waals surface area contributed by atoms with Gasteiger partial charge < -0.3 is 9.84 Å². The molecule has 0 heterocycles. The zero-order valence-electron chi connectivity index (χ0n) is 12.9. The van der Waals surface area contributed by atoms with Crippen LogP contribution in [-0.2, 0) is 4.74 Å². The number of hydrogen-bond donors (Lipinski definition) is 1. The van der Waals surface area contributed by atoms with Gasteiger partial charge in [-0.05, 0) is 45.4 Å². The number of benzene rings is 1. The summed E-state index contributed by atoms with van der Waals surface area (Å²) < 4.78 is 5.25. The lowest BCUT2D eigenvalue weighted by Crippen LogP contribution is -2.34. The Labute approximate surface area is 124 Å². The minimum atomic E-state index is -1.09. The van der Waals surface area contributed by atoms with E-state index < -0.39 is 17.7 Å². The summed E-state index contributed by atoms with van der Waals surface area (Å²) in [5.74, 6) is 1.34. The first kappa shape index (κ1) is 16.6. The van der Waals surface area contributed by atoms with Gasteiger partial charge in [-0.1, -0.05) is 5.92 Å². The molecule has 1 N–H and O–H groups in total. The zero-order valence-corrected chi connectivity index (χ0v) is 12.9. The standard InChI is InChI=1S/C16H19NO4/c1-7-11-8-12(9-13(10(11)2)14(18)19)17(6)15(20)21-16(3,4)5/h1,8-9H,2-6H3,(H,18,19). The Morgan fingerprint density at radius 2 is 1.90 bits per heavy atom. The van der Waals surface area contributed by atoms with Gasteiger partial charge in [0.2, 0.25) is 0 Å². The van der Waals surface area contributed by atoms with Crippen LogP contribution >= 0.6 is 0 Å². The van der Waals surface area contributed by atoms with Gasteiger partial charge in [-0.2, -0.15) is 0 Å². The van der Waals surface area contributed by atoms with Crippen molar-refractivity contribution in [1.82, 2.24) is 0 Å². The molecule has 0 aliphatic heterocycles. The smallest absolute Gasteiger partial charge is 0.414 e. The number of anilines is 1. The fourth-order valence-electron chi connectivity index (χ4n) is 1.70. The molecule has 0 fully saturated rings. The molecule has 0 atom stereocenters. The summed E-state index contributed by atoms with van der Waals surface area (Å²) in [5.41, 5.74) is 0.725. The van der Waals surface area contributed by atoms with E-state index >= 15 is 0 Å². The summed E-state index contributed by atoms with van der Waals surface area (Å²) in [7, 11) is 1.50. The number of rotatable bonds is 2. The maximum atomic E-state index is 12.0. The molecule has 5 heteroatoms. The highest BCUT2D eigenvalue weighted by Crippen LogP contribution is 2.24. The van der Waals surface area contributed by atoms with Gasteiger partial charge in [0.15, 0.2) is 0 Å². The third kappa shape index (κ3) is 3.99. The lowest BCUT2D eigenvalue weighted by atomic mass is 10.0. The second-order valence-corrected chi connectivity index (χ2v) is 5.65. The van der Waals surface area contributed by atoms with Crippen LogP contribution in [0.4, 0.5) is 10.5 Å². The van der Waals surface area contributed by atoms with Crippen LogP contribution in [0.1, 0.15) is 42.3 Å². The maximum Gasteiger partial charge on any atom is 0.414 e. The third-order valence-electron chi connectivity index (χ3n) is 2.83. The van der Waals surface area contributed by atoms with Crippen LogP contribution in [0.25, 0.3) is 0 Å². The van der Waals surface area contributed by atoms with Crippen molar-refractivity contribution in [2.45, 2.75) is 33.3 Å². The molecule has 1 rings (SSSR count). The van der Waals surface area contributed by atoms with E-state index in [1.54, 1.807) is 33.8 Å². The van der Waals surface area contributed by atoms with E-state index in [9.17, 15) is 14.7 Å². The molecule has 0 saturated heterocycles. The minimum Gasteiger partial charge on any atom is -0.478 e. The fraction of sp³-hybridized carbons (Fsp3) is 0.375. The predicted octanol–water partition coefficient (Wildman–Crippen LogP) is 3.05. The van der Waals surface area contributed by atoms with Crippen molar-refractivity contribution in [3.8, 4) is 12.3 Å². The Hall–Kier alpha value is -2.48. The molecule has 5 nitrogen and oxygen atoms in total. The molecule has 0 spiro atoms. The quantitative estimate of drug-likeness (QED) is 0.850. The molecule has 0 aromatic heterocycles. The summed E-state index contributed by atoms with van der Waals surface area (Å²) >= 11 is 0. The topological polar surface area (TPSA) is 66.8 Å². The number of carbonyl (C=O) groups excluding carboxylic acids is 1. The Morgan fingerprint density at radius 1 is 1.33 bits per heavy atom. The molecule has 0 unspecified atom stereocenters. The second-order valence-electron chi connectivity index (χ2n) is 5.65. The molecule has 0 saturated carbocycles. The van der Waals surface area contributed by atoms with Crippen molar-refractivity contribution >= 4 is 17.7 Å². The van der Waals surface area contributed by atoms with Crippen LogP contribution in [0.15, 0.2) is 12.1 Å². The molecular formula is C16H19NO4. The van der Waals surface area contributed by atoms with Gasteiger partial charge in [0.25, 0.3) is 0 Å². The first-order valence-electron chi connectivity index (χ1n) is 6.38. The van der Waals surface area contributed by atoms with Crippen molar-refractivity contribution in [2.75, 3.05) is 11.9 Å². The number of hydrogen-bond acceptors (Lipinski definition) is 3. The highest BCUT2D eigenvalue weighted by Gasteiger charge is 2.22. The summed E-state index contributed by atoms with van der Waals surface area (Å²) in [6.45, 7) is 6.90. The van der Waals surface area contributed by atoms with E-state index in [0.717, 1.165) is 0 Å².